The average Bonchev–Trinajstić information content (AvgIpc) is 3.05. The van der Waals surface area contributed by atoms with Crippen LogP contribution in [0.1, 0.15) is 49.9 Å². The zero-order chi connectivity index (χ0) is 33.1. The average molecular weight is 673 g/mol. The van der Waals surface area contributed by atoms with E-state index in [4.69, 9.17) is 18.1 Å². The molecule has 2 aliphatic rings. The summed E-state index contributed by atoms with van der Waals surface area (Å²) in [6.45, 7) is 9.41. The van der Waals surface area contributed by atoms with Crippen molar-refractivity contribution >= 4 is 15.2 Å². The Morgan fingerprint density at radius 3 is 1.19 bits per heavy atom. The van der Waals surface area contributed by atoms with Crippen molar-refractivity contribution in [1.29, 1.82) is 0 Å². The second-order valence-electron chi connectivity index (χ2n) is 14.0. The maximum Gasteiger partial charge on any atom is 0.335 e. The summed E-state index contributed by atoms with van der Waals surface area (Å²) in [5.41, 5.74) is 8.04. The van der Waals surface area contributed by atoms with E-state index >= 15 is 0 Å². The summed E-state index contributed by atoms with van der Waals surface area (Å²) in [6.07, 6.45) is 2.18. The highest BCUT2D eigenvalue weighted by Crippen LogP contribution is 2.62. The highest BCUT2D eigenvalue weighted by Gasteiger charge is 2.49. The molecule has 0 saturated carbocycles. The van der Waals surface area contributed by atoms with Crippen molar-refractivity contribution in [3.05, 3.63) is 119 Å². The van der Waals surface area contributed by atoms with Crippen molar-refractivity contribution < 1.29 is 27.2 Å². The molecule has 6 rings (SSSR count). The van der Waals surface area contributed by atoms with Crippen LogP contribution in [-0.2, 0) is 52.4 Å². The Hall–Kier alpha value is -2.82. The Balaban J connectivity index is 1.15. The van der Waals surface area contributed by atoms with Crippen LogP contribution in [0.2, 0.25) is 0 Å². The van der Waals surface area contributed by atoms with E-state index in [1.807, 2.05) is 60.7 Å². The summed E-state index contributed by atoms with van der Waals surface area (Å²) in [5.74, 6) is 0.948. The second kappa shape index (κ2) is 14.3. The van der Waals surface area contributed by atoms with Gasteiger partial charge in [0.25, 0.3) is 0 Å². The third-order valence-corrected chi connectivity index (χ3v) is 12.4. The molecule has 4 aromatic rings. The van der Waals surface area contributed by atoms with Crippen LogP contribution in [-0.4, -0.2) is 26.4 Å². The second-order valence-corrected chi connectivity index (χ2v) is 18.1. The monoisotopic (exact) mass is 672 g/mol. The molecule has 6 nitrogen and oxygen atoms in total. The number of rotatable bonds is 10. The Morgan fingerprint density at radius 2 is 0.851 bits per heavy atom. The predicted octanol–water partition coefficient (Wildman–Crippen LogP) is 10.6. The summed E-state index contributed by atoms with van der Waals surface area (Å²) in [6, 6.07) is 32.9. The van der Waals surface area contributed by atoms with Gasteiger partial charge < -0.3 is 18.1 Å². The first-order valence-corrected chi connectivity index (χ1v) is 20.1. The molecule has 1 spiro atoms. The van der Waals surface area contributed by atoms with Gasteiger partial charge in [0.05, 0.1) is 44.2 Å². The molecular weight excluding hydrogens is 626 g/mol. The Bertz CT molecular complexity index is 1610. The molecule has 2 heterocycles. The minimum Gasteiger partial charge on any atom is -0.307 e. The van der Waals surface area contributed by atoms with Crippen LogP contribution in [0.4, 0.5) is 0 Å². The first-order chi connectivity index (χ1) is 22.6. The van der Waals surface area contributed by atoms with Crippen LogP contribution in [0.3, 0.4) is 0 Å². The highest BCUT2D eigenvalue weighted by atomic mass is 31.2. The van der Waals surface area contributed by atoms with Gasteiger partial charge in [-0.1, -0.05) is 125 Å². The summed E-state index contributed by atoms with van der Waals surface area (Å²) < 4.78 is 52.3. The lowest BCUT2D eigenvalue weighted by atomic mass is 9.90. The van der Waals surface area contributed by atoms with Crippen LogP contribution in [0.25, 0.3) is 22.3 Å². The minimum atomic E-state index is -3.45. The van der Waals surface area contributed by atoms with Crippen molar-refractivity contribution in [1.82, 2.24) is 0 Å². The fourth-order valence-corrected chi connectivity index (χ4v) is 10.4. The van der Waals surface area contributed by atoms with Crippen molar-refractivity contribution in [2.24, 2.45) is 17.3 Å². The van der Waals surface area contributed by atoms with Gasteiger partial charge in [0.15, 0.2) is 0 Å². The Kier molecular flexibility index (Phi) is 10.4. The largest absolute Gasteiger partial charge is 0.335 e. The molecule has 8 heteroatoms. The Labute approximate surface area is 279 Å². The number of hydrogen-bond donors (Lipinski definition) is 0. The fraction of sp³-hybridized carbons (Fsp3) is 0.385. The first-order valence-electron chi connectivity index (χ1n) is 16.6. The number of hydrogen-bond acceptors (Lipinski definition) is 6. The summed E-state index contributed by atoms with van der Waals surface area (Å²) >= 11 is 0. The maximum absolute atomic E-state index is 14.0. The molecule has 0 atom stereocenters. The van der Waals surface area contributed by atoms with Crippen LogP contribution < -0.4 is 0 Å². The minimum absolute atomic E-state index is 0.149. The first kappa shape index (κ1) is 34.1. The van der Waals surface area contributed by atoms with E-state index in [0.29, 0.717) is 11.8 Å². The van der Waals surface area contributed by atoms with Gasteiger partial charge in [0, 0.05) is 0 Å². The standard InChI is InChI=1S/C39H46O6P2/c1-29(2)21-33-17-11-19-35(37(33)31-13-7-5-8-14-31)23-46(40)42-25-39(26-43-46)27-44-47(41,45-28-39)24-36-20-12-18-34(22-30(3)4)38(36)32-15-9-6-10-16-32/h5-20,29-30H,21-28H2,1-4H3. The zero-order valence-corrected chi connectivity index (χ0v) is 29.7. The molecule has 2 aliphatic heterocycles. The molecule has 2 fully saturated rings. The number of benzene rings is 4. The van der Waals surface area contributed by atoms with Gasteiger partial charge in [-0.05, 0) is 69.2 Å². The van der Waals surface area contributed by atoms with Gasteiger partial charge in [-0.25, -0.2) is 0 Å². The maximum atomic E-state index is 14.0. The Morgan fingerprint density at radius 1 is 0.511 bits per heavy atom. The highest BCUT2D eigenvalue weighted by molar-refractivity contribution is 7.53. The van der Waals surface area contributed by atoms with E-state index in [9.17, 15) is 9.13 Å². The molecule has 0 aromatic heterocycles. The molecule has 2 saturated heterocycles. The molecule has 47 heavy (non-hydrogen) atoms. The van der Waals surface area contributed by atoms with E-state index < -0.39 is 20.6 Å². The predicted molar refractivity (Wildman–Crippen MR) is 190 cm³/mol. The van der Waals surface area contributed by atoms with E-state index in [2.05, 4.69) is 64.1 Å². The fourth-order valence-electron chi connectivity index (χ4n) is 6.61. The third kappa shape index (κ3) is 8.08. The molecular formula is C39H46O6P2. The lowest BCUT2D eigenvalue weighted by molar-refractivity contribution is -0.0690. The van der Waals surface area contributed by atoms with E-state index in [0.717, 1.165) is 46.2 Å². The molecule has 0 amide bonds. The third-order valence-electron chi connectivity index (χ3n) is 8.85. The quantitative estimate of drug-likeness (QED) is 0.156. The topological polar surface area (TPSA) is 71.1 Å². The molecule has 4 aromatic carbocycles. The van der Waals surface area contributed by atoms with Crippen molar-refractivity contribution in [3.8, 4) is 22.3 Å². The summed E-state index contributed by atoms with van der Waals surface area (Å²) in [5, 5.41) is 0. The summed E-state index contributed by atoms with van der Waals surface area (Å²) in [4.78, 5) is 0. The van der Waals surface area contributed by atoms with Gasteiger partial charge >= 0.3 is 15.2 Å². The van der Waals surface area contributed by atoms with Gasteiger partial charge in [-0.2, -0.15) is 0 Å². The van der Waals surface area contributed by atoms with Crippen molar-refractivity contribution in [2.75, 3.05) is 26.4 Å². The molecule has 0 radical (unpaired) electrons. The van der Waals surface area contributed by atoms with E-state index in [1.54, 1.807) is 0 Å². The van der Waals surface area contributed by atoms with Crippen LogP contribution in [0.5, 0.6) is 0 Å². The normalized spacial score (nSPS) is 24.6. The SMILES string of the molecule is CC(C)Cc1cccc(CP2(=O)OCC3(CO2)COP(=O)(Cc2cccc(CC(C)C)c2-c2ccccc2)OC3)c1-c1ccccc1. The molecule has 0 unspecified atom stereocenters. The van der Waals surface area contributed by atoms with Crippen molar-refractivity contribution in [3.63, 3.8) is 0 Å². The van der Waals surface area contributed by atoms with Gasteiger partial charge in [-0.3, -0.25) is 9.13 Å². The van der Waals surface area contributed by atoms with Crippen LogP contribution >= 0.6 is 15.2 Å². The van der Waals surface area contributed by atoms with Crippen molar-refractivity contribution in [2.45, 2.75) is 52.9 Å². The zero-order valence-electron chi connectivity index (χ0n) is 27.9. The van der Waals surface area contributed by atoms with E-state index in [-0.39, 0.29) is 38.8 Å². The van der Waals surface area contributed by atoms with Gasteiger partial charge in [0.2, 0.25) is 0 Å². The molecule has 0 aliphatic carbocycles. The molecule has 248 valence electrons. The van der Waals surface area contributed by atoms with Crippen LogP contribution in [0, 0.1) is 17.3 Å². The summed E-state index contributed by atoms with van der Waals surface area (Å²) in [7, 11) is -6.91. The molecule has 0 N–H and O–H groups in total. The lowest BCUT2D eigenvalue weighted by Gasteiger charge is -2.43. The molecule has 0 bridgehead atoms. The van der Waals surface area contributed by atoms with Gasteiger partial charge in [0.1, 0.15) is 0 Å². The van der Waals surface area contributed by atoms with Gasteiger partial charge in [-0.15, -0.1) is 0 Å². The lowest BCUT2D eigenvalue weighted by Crippen LogP contribution is -2.45. The van der Waals surface area contributed by atoms with E-state index in [1.165, 1.54) is 11.1 Å². The van der Waals surface area contributed by atoms with Crippen LogP contribution in [0.15, 0.2) is 97.1 Å². The smallest absolute Gasteiger partial charge is 0.307 e.